The van der Waals surface area contributed by atoms with Crippen LogP contribution in [0.4, 0.5) is 0 Å². The van der Waals surface area contributed by atoms with Crippen LogP contribution in [-0.4, -0.2) is 38.1 Å². The molecule has 1 aliphatic carbocycles. The minimum atomic E-state index is -4.00. The molecule has 1 atom stereocenters. The van der Waals surface area contributed by atoms with Crippen molar-refractivity contribution in [2.75, 3.05) is 13.2 Å². The second-order valence-corrected chi connectivity index (χ2v) is 7.76. The quantitative estimate of drug-likeness (QED) is 0.838. The first-order chi connectivity index (χ1) is 10.9. The molecule has 23 heavy (non-hydrogen) atoms. The van der Waals surface area contributed by atoms with Gasteiger partial charge in [-0.3, -0.25) is 0 Å². The second kappa shape index (κ2) is 5.62. The van der Waals surface area contributed by atoms with Gasteiger partial charge >= 0.3 is 0 Å². The summed E-state index contributed by atoms with van der Waals surface area (Å²) in [6.07, 6.45) is 5.01. The molecule has 1 aromatic carbocycles. The molecule has 7 heteroatoms. The summed E-state index contributed by atoms with van der Waals surface area (Å²) < 4.78 is 37.2. The Kier molecular flexibility index (Phi) is 4.03. The van der Waals surface area contributed by atoms with Crippen molar-refractivity contribution in [1.29, 1.82) is 0 Å². The average molecular weight is 355 g/mol. The van der Waals surface area contributed by atoms with Crippen LogP contribution >= 0.6 is 11.6 Å². The lowest BCUT2D eigenvalue weighted by Gasteiger charge is -2.27. The van der Waals surface area contributed by atoms with Gasteiger partial charge in [0.2, 0.25) is 15.6 Å². The fourth-order valence-electron chi connectivity index (χ4n) is 2.96. The molecule has 1 spiro atoms. The third-order valence-corrected chi connectivity index (χ3v) is 6.55. The summed E-state index contributed by atoms with van der Waals surface area (Å²) in [6.45, 7) is 0.425. The third-order valence-electron chi connectivity index (χ3n) is 3.95. The Morgan fingerprint density at radius 3 is 2.43 bits per heavy atom. The van der Waals surface area contributed by atoms with Gasteiger partial charge in [0.1, 0.15) is 10.5 Å². The molecule has 0 bridgehead atoms. The topological polar surface area (TPSA) is 72.8 Å². The number of benzene rings is 1. The smallest absolute Gasteiger partial charge is 0.210 e. The number of sulfone groups is 1. The summed E-state index contributed by atoms with van der Waals surface area (Å²) in [4.78, 5) is -0.204. The van der Waals surface area contributed by atoms with Gasteiger partial charge in [-0.1, -0.05) is 29.8 Å². The van der Waals surface area contributed by atoms with Crippen molar-refractivity contribution in [3.05, 3.63) is 40.3 Å². The molecule has 0 saturated carbocycles. The average Bonchev–Trinajstić information content (AvgIpc) is 3.04. The molecule has 5 nitrogen and oxygen atoms in total. The van der Waals surface area contributed by atoms with Crippen LogP contribution in [-0.2, 0) is 19.3 Å². The Balaban J connectivity index is 2.21. The van der Waals surface area contributed by atoms with Gasteiger partial charge < -0.3 is 14.6 Å². The lowest BCUT2D eigenvalue weighted by molar-refractivity contribution is -0.141. The molecule has 3 rings (SSSR count). The Labute approximate surface area is 139 Å². The number of ether oxygens (including phenoxy) is 2. The summed E-state index contributed by atoms with van der Waals surface area (Å²) in [5, 5.41) is 10.5. The van der Waals surface area contributed by atoms with Gasteiger partial charge in [-0.25, -0.2) is 8.42 Å². The minimum absolute atomic E-state index is 0.0524. The van der Waals surface area contributed by atoms with Crippen molar-refractivity contribution in [3.8, 4) is 12.3 Å². The summed E-state index contributed by atoms with van der Waals surface area (Å²) in [5.41, 5.74) is -1.68. The summed E-state index contributed by atoms with van der Waals surface area (Å²) >= 11 is 6.26. The zero-order valence-electron chi connectivity index (χ0n) is 12.2. The predicted octanol–water partition coefficient (Wildman–Crippen LogP) is 1.81. The fourth-order valence-corrected chi connectivity index (χ4v) is 5.32. The molecule has 1 fully saturated rings. The van der Waals surface area contributed by atoms with Gasteiger partial charge in [-0.15, -0.1) is 12.3 Å². The Morgan fingerprint density at radius 2 is 1.87 bits per heavy atom. The van der Waals surface area contributed by atoms with Crippen LogP contribution in [0.25, 0.3) is 0 Å². The Bertz CT molecular complexity index is 788. The third kappa shape index (κ3) is 2.49. The van der Waals surface area contributed by atoms with Crippen LogP contribution in [0.5, 0.6) is 0 Å². The molecule has 0 aromatic heterocycles. The van der Waals surface area contributed by atoms with Crippen molar-refractivity contribution in [3.63, 3.8) is 0 Å². The number of hydrogen-bond acceptors (Lipinski definition) is 5. The van der Waals surface area contributed by atoms with Gasteiger partial charge in [0.05, 0.1) is 23.1 Å². The van der Waals surface area contributed by atoms with Crippen LogP contribution in [0.2, 0.25) is 0 Å². The van der Waals surface area contributed by atoms with E-state index in [0.717, 1.165) is 0 Å². The molecule has 122 valence electrons. The first-order valence-electron chi connectivity index (χ1n) is 7.00. The van der Waals surface area contributed by atoms with Crippen molar-refractivity contribution in [2.24, 2.45) is 0 Å². The molecule has 0 amide bonds. The highest BCUT2D eigenvalue weighted by molar-refractivity contribution is 7.95. The second-order valence-electron chi connectivity index (χ2n) is 5.50. The van der Waals surface area contributed by atoms with Crippen LogP contribution in [0, 0.1) is 12.3 Å². The van der Waals surface area contributed by atoms with Crippen molar-refractivity contribution in [2.45, 2.75) is 29.1 Å². The van der Waals surface area contributed by atoms with Gasteiger partial charge in [-0.05, 0) is 12.1 Å². The first kappa shape index (κ1) is 16.5. The Hall–Kier alpha value is -1.36. The van der Waals surface area contributed by atoms with Crippen molar-refractivity contribution in [1.82, 2.24) is 0 Å². The van der Waals surface area contributed by atoms with Crippen molar-refractivity contribution < 1.29 is 23.0 Å². The molecule has 0 radical (unpaired) electrons. The summed E-state index contributed by atoms with van der Waals surface area (Å²) in [6, 6.07) is 7.82. The first-order valence-corrected chi connectivity index (χ1v) is 8.86. The predicted molar refractivity (Wildman–Crippen MR) is 84.2 cm³/mol. The van der Waals surface area contributed by atoms with E-state index in [9.17, 15) is 13.5 Å². The molecule has 1 aromatic rings. The molecule has 1 saturated heterocycles. The number of terminal acetylenes is 1. The molecular weight excluding hydrogens is 340 g/mol. The normalized spacial score (nSPS) is 26.7. The molecule has 1 unspecified atom stereocenters. The molecule has 1 heterocycles. The fraction of sp³-hybridized carbons (Fsp3) is 0.375. The molecule has 1 aliphatic heterocycles. The number of rotatable bonds is 3. The van der Waals surface area contributed by atoms with Crippen LogP contribution < -0.4 is 0 Å². The number of aliphatic hydroxyl groups is 1. The van der Waals surface area contributed by atoms with E-state index in [2.05, 4.69) is 5.92 Å². The zero-order chi connectivity index (χ0) is 16.7. The van der Waals surface area contributed by atoms with Gasteiger partial charge in [0.15, 0.2) is 0 Å². The molecule has 2 aliphatic rings. The van der Waals surface area contributed by atoms with E-state index in [1.807, 2.05) is 0 Å². The highest BCUT2D eigenvalue weighted by Crippen LogP contribution is 2.53. The van der Waals surface area contributed by atoms with E-state index in [1.165, 1.54) is 12.1 Å². The zero-order valence-corrected chi connectivity index (χ0v) is 13.7. The van der Waals surface area contributed by atoms with E-state index in [4.69, 9.17) is 27.5 Å². The SMILES string of the molecule is C#CCC1(O)CC2(OCCO2)C(S(=O)(=O)c2ccccc2)=C1Cl. The minimum Gasteiger partial charge on any atom is -0.383 e. The van der Waals surface area contributed by atoms with E-state index >= 15 is 0 Å². The largest absolute Gasteiger partial charge is 0.383 e. The van der Waals surface area contributed by atoms with E-state index < -0.39 is 21.2 Å². The van der Waals surface area contributed by atoms with Crippen LogP contribution in [0.1, 0.15) is 12.8 Å². The van der Waals surface area contributed by atoms with E-state index in [-0.39, 0.29) is 40.9 Å². The lowest BCUT2D eigenvalue weighted by atomic mass is 9.98. The number of halogens is 1. The monoisotopic (exact) mass is 354 g/mol. The van der Waals surface area contributed by atoms with Crippen molar-refractivity contribution >= 4 is 21.4 Å². The van der Waals surface area contributed by atoms with E-state index in [1.54, 1.807) is 18.2 Å². The summed E-state index contributed by atoms with van der Waals surface area (Å²) in [5.74, 6) is 0.738. The van der Waals surface area contributed by atoms with E-state index in [0.29, 0.717) is 0 Å². The Morgan fingerprint density at radius 1 is 1.26 bits per heavy atom. The number of hydrogen-bond donors (Lipinski definition) is 1. The van der Waals surface area contributed by atoms with Gasteiger partial charge in [0.25, 0.3) is 0 Å². The standard InChI is InChI=1S/C16H15ClO5S/c1-2-8-15(18)11-16(21-9-10-22-16)14(13(15)17)23(19,20)12-6-4-3-5-7-12/h1,3-7,18H,8-11H2. The van der Waals surface area contributed by atoms with Gasteiger partial charge in [0, 0.05) is 12.8 Å². The summed E-state index contributed by atoms with van der Waals surface area (Å²) in [7, 11) is -4.00. The molecule has 1 N–H and O–H groups in total. The lowest BCUT2D eigenvalue weighted by Crippen LogP contribution is -2.37. The van der Waals surface area contributed by atoms with Crippen LogP contribution in [0.3, 0.4) is 0 Å². The highest BCUT2D eigenvalue weighted by Gasteiger charge is 2.60. The van der Waals surface area contributed by atoms with Gasteiger partial charge in [-0.2, -0.15) is 0 Å². The maximum atomic E-state index is 13.0. The van der Waals surface area contributed by atoms with Crippen LogP contribution in [0.15, 0.2) is 45.2 Å². The highest BCUT2D eigenvalue weighted by atomic mass is 35.5. The maximum absolute atomic E-state index is 13.0. The molecular formula is C16H15ClO5S. The maximum Gasteiger partial charge on any atom is 0.210 e.